The molecule has 0 N–H and O–H groups in total. The van der Waals surface area contributed by atoms with E-state index in [-0.39, 0.29) is 0 Å². The highest BCUT2D eigenvalue weighted by Gasteiger charge is 2.48. The van der Waals surface area contributed by atoms with E-state index in [1.165, 1.54) is 77.9 Å². The average Bonchev–Trinajstić information content (AvgIpc) is 1.54. The second-order valence-corrected chi connectivity index (χ2v) is 27.4. The van der Waals surface area contributed by atoms with Crippen molar-refractivity contribution in [2.45, 2.75) is 10.8 Å². The van der Waals surface area contributed by atoms with Crippen LogP contribution in [0.1, 0.15) is 44.5 Å². The third-order valence-corrected chi connectivity index (χ3v) is 21.3. The molecule has 0 radical (unpaired) electrons. The summed E-state index contributed by atoms with van der Waals surface area (Å²) >= 11 is 9.80. The first-order valence-electron chi connectivity index (χ1n) is 34.8. The standard InChI is InChI=1S/C80H56N2.C18H12BrCl/c1-8-26-58(27-9-1)73-54-59(46-53-78(73)82(65-38-20-7-21-39-65)68-50-52-72-70-41-23-25-43-75(70)80(77(72)56-68,62-32-14-4-15-33-62)63-34-16-5-17-35-63)57-44-47-66(48-45-57)81(64-36-18-6-19-37-64)67-49-51-71-69-40-22-24-42-74(69)79(76(71)55-67,60-28-10-2-11-29-60)61-30-12-3-13-31-61;19-16-9-6-13(7-10-16)15-8-11-18(20)17(12-15)14-4-2-1-3-5-14/h1-56H;1-12H. The molecule has 2 aliphatic rings. The van der Waals surface area contributed by atoms with E-state index in [9.17, 15) is 0 Å². The highest BCUT2D eigenvalue weighted by atomic mass is 79.9. The van der Waals surface area contributed by atoms with Gasteiger partial charge in [0.25, 0.3) is 0 Å². The smallest absolute Gasteiger partial charge is 0.0714 e. The van der Waals surface area contributed by atoms with Gasteiger partial charge < -0.3 is 9.80 Å². The van der Waals surface area contributed by atoms with Gasteiger partial charge in [-0.1, -0.05) is 343 Å². The third kappa shape index (κ3) is 11.3. The highest BCUT2D eigenvalue weighted by molar-refractivity contribution is 9.10. The van der Waals surface area contributed by atoms with Crippen molar-refractivity contribution >= 4 is 61.7 Å². The number of para-hydroxylation sites is 2. The summed E-state index contributed by atoms with van der Waals surface area (Å²) in [5, 5.41) is 0.775. The summed E-state index contributed by atoms with van der Waals surface area (Å²) in [5.41, 5.74) is 29.7. The molecule has 2 nitrogen and oxygen atoms in total. The van der Waals surface area contributed by atoms with Gasteiger partial charge in [-0.15, -0.1) is 0 Å². The van der Waals surface area contributed by atoms with Crippen LogP contribution in [0.5, 0.6) is 0 Å². The van der Waals surface area contributed by atoms with Gasteiger partial charge in [0, 0.05) is 49.1 Å². The van der Waals surface area contributed by atoms with Gasteiger partial charge in [0.1, 0.15) is 0 Å². The Kier molecular flexibility index (Phi) is 17.1. The topological polar surface area (TPSA) is 6.48 Å². The second kappa shape index (κ2) is 27.5. The van der Waals surface area contributed by atoms with Crippen LogP contribution in [0.15, 0.2) is 417 Å². The Bertz CT molecular complexity index is 5540. The minimum atomic E-state index is -0.539. The molecular weight excluding hydrogens is 1320 g/mol. The molecule has 16 aromatic carbocycles. The Balaban J connectivity index is 0.000000332. The number of halogens is 2. The second-order valence-electron chi connectivity index (χ2n) is 26.1. The predicted molar refractivity (Wildman–Crippen MR) is 431 cm³/mol. The third-order valence-electron chi connectivity index (χ3n) is 20.4. The first kappa shape index (κ1) is 63.3. The van der Waals surface area contributed by atoms with Crippen molar-refractivity contribution in [1.29, 1.82) is 0 Å². The van der Waals surface area contributed by atoms with Gasteiger partial charge in [0.05, 0.1) is 16.5 Å². The summed E-state index contributed by atoms with van der Waals surface area (Å²) in [5.74, 6) is 0. The van der Waals surface area contributed by atoms with Crippen LogP contribution in [0.3, 0.4) is 0 Å². The molecule has 0 spiro atoms. The number of fused-ring (bicyclic) bond motifs is 6. The first-order chi connectivity index (χ1) is 50.4. The average molecular weight is 1390 g/mol. The zero-order valence-electron chi connectivity index (χ0n) is 55.9. The maximum Gasteiger partial charge on any atom is 0.0714 e. The Morgan fingerprint density at radius 3 is 0.971 bits per heavy atom. The SMILES string of the molecule is Clc1ccc(-c2ccc(Br)cc2)cc1-c1ccccc1.c1ccc(-c2cc(-c3ccc(N(c4ccccc4)c4ccc5c(c4)C(c4ccccc4)(c4ccccc4)c4ccccc4-5)cc3)ccc2N(c2ccccc2)c2ccc3c(c2)C(c2ccccc2)(c2ccccc2)c2ccccc2-3)cc1. The molecular formula is C98H68BrClN2. The first-order valence-corrected chi connectivity index (χ1v) is 35.9. The van der Waals surface area contributed by atoms with Crippen molar-refractivity contribution < 1.29 is 0 Å². The van der Waals surface area contributed by atoms with E-state index in [1.54, 1.807) is 0 Å². The molecule has 0 bridgehead atoms. The predicted octanol–water partition coefficient (Wildman–Crippen LogP) is 27.1. The fraction of sp³-hybridized carbons (Fsp3) is 0.0204. The van der Waals surface area contributed by atoms with E-state index in [4.69, 9.17) is 11.6 Å². The number of nitrogens with zero attached hydrogens (tertiary/aromatic N) is 2. The summed E-state index contributed by atoms with van der Waals surface area (Å²) in [7, 11) is 0. The summed E-state index contributed by atoms with van der Waals surface area (Å²) in [6.07, 6.45) is 0. The quantitative estimate of drug-likeness (QED) is 0.107. The Hall–Kier alpha value is -12.1. The van der Waals surface area contributed by atoms with E-state index in [0.717, 1.165) is 77.0 Å². The molecule has 0 saturated carbocycles. The number of hydrogen-bond donors (Lipinski definition) is 0. The molecule has 0 unspecified atom stereocenters. The van der Waals surface area contributed by atoms with Crippen LogP contribution in [-0.2, 0) is 10.8 Å². The van der Waals surface area contributed by atoms with Gasteiger partial charge in [-0.25, -0.2) is 0 Å². The highest BCUT2D eigenvalue weighted by Crippen LogP contribution is 2.60. The van der Waals surface area contributed by atoms with Crippen LogP contribution in [0, 0.1) is 0 Å². The van der Waals surface area contributed by atoms with Crippen LogP contribution in [0.25, 0.3) is 66.8 Å². The van der Waals surface area contributed by atoms with Crippen molar-refractivity contribution in [3.05, 3.63) is 467 Å². The molecule has 0 aliphatic heterocycles. The van der Waals surface area contributed by atoms with Crippen molar-refractivity contribution in [3.63, 3.8) is 0 Å². The largest absolute Gasteiger partial charge is 0.310 e. The molecule has 0 atom stereocenters. The normalized spacial score (nSPS) is 12.6. The fourth-order valence-corrected chi connectivity index (χ4v) is 16.4. The van der Waals surface area contributed by atoms with Crippen molar-refractivity contribution in [2.75, 3.05) is 9.80 Å². The summed E-state index contributed by atoms with van der Waals surface area (Å²) < 4.78 is 1.08. The van der Waals surface area contributed by atoms with Gasteiger partial charge in [-0.3, -0.25) is 0 Å². The molecule has 0 heterocycles. The number of benzene rings is 16. The monoisotopic (exact) mass is 1390 g/mol. The van der Waals surface area contributed by atoms with Gasteiger partial charge in [0.15, 0.2) is 0 Å². The summed E-state index contributed by atoms with van der Waals surface area (Å²) in [6, 6.07) is 150. The van der Waals surface area contributed by atoms with Crippen molar-refractivity contribution in [2.24, 2.45) is 0 Å². The lowest BCUT2D eigenvalue weighted by Gasteiger charge is -2.35. The van der Waals surface area contributed by atoms with Crippen molar-refractivity contribution in [3.8, 4) is 66.8 Å². The molecule has 2 aliphatic carbocycles. The van der Waals surface area contributed by atoms with Gasteiger partial charge in [-0.2, -0.15) is 0 Å². The van der Waals surface area contributed by atoms with Crippen LogP contribution in [0.2, 0.25) is 5.02 Å². The van der Waals surface area contributed by atoms with E-state index in [1.807, 2.05) is 36.4 Å². The Labute approximate surface area is 611 Å². The molecule has 0 fully saturated rings. The maximum absolute atomic E-state index is 6.34. The lowest BCUT2D eigenvalue weighted by molar-refractivity contribution is 0.768. The molecule has 16 aromatic rings. The maximum atomic E-state index is 6.34. The van der Waals surface area contributed by atoms with Crippen LogP contribution in [-0.4, -0.2) is 0 Å². The summed E-state index contributed by atoms with van der Waals surface area (Å²) in [4.78, 5) is 4.86. The fourth-order valence-electron chi connectivity index (χ4n) is 15.9. The lowest BCUT2D eigenvalue weighted by Crippen LogP contribution is -2.28. The Morgan fingerprint density at radius 1 is 0.206 bits per heavy atom. The van der Waals surface area contributed by atoms with E-state index >= 15 is 0 Å². The molecule has 102 heavy (non-hydrogen) atoms. The van der Waals surface area contributed by atoms with Crippen LogP contribution in [0.4, 0.5) is 34.1 Å². The number of rotatable bonds is 14. The van der Waals surface area contributed by atoms with Gasteiger partial charge in [-0.05, 0) is 197 Å². The molecule has 0 saturated heterocycles. The lowest BCUT2D eigenvalue weighted by atomic mass is 9.67. The van der Waals surface area contributed by atoms with Crippen molar-refractivity contribution in [1.82, 2.24) is 0 Å². The van der Waals surface area contributed by atoms with Gasteiger partial charge in [0.2, 0.25) is 0 Å². The summed E-state index contributed by atoms with van der Waals surface area (Å²) in [6.45, 7) is 0. The number of hydrogen-bond acceptors (Lipinski definition) is 2. The van der Waals surface area contributed by atoms with Gasteiger partial charge >= 0.3 is 0 Å². The Morgan fingerprint density at radius 2 is 0.520 bits per heavy atom. The van der Waals surface area contributed by atoms with Crippen LogP contribution >= 0.6 is 27.5 Å². The number of anilines is 6. The molecule has 484 valence electrons. The van der Waals surface area contributed by atoms with Crippen LogP contribution < -0.4 is 9.80 Å². The molecule has 18 rings (SSSR count). The minimum Gasteiger partial charge on any atom is -0.310 e. The molecule has 0 amide bonds. The molecule has 4 heteroatoms. The minimum absolute atomic E-state index is 0.517. The van der Waals surface area contributed by atoms with E-state index in [2.05, 4.69) is 402 Å². The molecule has 0 aromatic heterocycles. The van der Waals surface area contributed by atoms with E-state index < -0.39 is 10.8 Å². The van der Waals surface area contributed by atoms with E-state index in [0.29, 0.717) is 0 Å². The zero-order valence-corrected chi connectivity index (χ0v) is 58.3. The zero-order chi connectivity index (χ0) is 68.4.